The molecule has 2 aliphatic carbocycles. The highest BCUT2D eigenvalue weighted by Crippen LogP contribution is 2.51. The Bertz CT molecular complexity index is 250. The SMILES string of the molecule is CC1=C2CCCC2(C)CC1=O. The zero-order valence-corrected chi connectivity index (χ0v) is 7.24. The van der Waals surface area contributed by atoms with Gasteiger partial charge < -0.3 is 0 Å². The molecule has 0 amide bonds. The largest absolute Gasteiger partial charge is 0.295 e. The van der Waals surface area contributed by atoms with Crippen molar-refractivity contribution in [3.05, 3.63) is 11.1 Å². The van der Waals surface area contributed by atoms with Crippen LogP contribution in [0.3, 0.4) is 0 Å². The van der Waals surface area contributed by atoms with Gasteiger partial charge in [-0.2, -0.15) is 0 Å². The van der Waals surface area contributed by atoms with E-state index in [0.717, 1.165) is 12.0 Å². The Morgan fingerprint density at radius 3 is 2.82 bits per heavy atom. The molecule has 0 aromatic rings. The van der Waals surface area contributed by atoms with E-state index in [0.29, 0.717) is 5.78 Å². The first-order valence-corrected chi connectivity index (χ1v) is 4.37. The van der Waals surface area contributed by atoms with Gasteiger partial charge in [0.25, 0.3) is 0 Å². The number of hydrogen-bond acceptors (Lipinski definition) is 1. The predicted octanol–water partition coefficient (Wildman–Crippen LogP) is 2.47. The summed E-state index contributed by atoms with van der Waals surface area (Å²) < 4.78 is 0. The van der Waals surface area contributed by atoms with Gasteiger partial charge in [0.1, 0.15) is 0 Å². The molecule has 11 heavy (non-hydrogen) atoms. The van der Waals surface area contributed by atoms with Gasteiger partial charge >= 0.3 is 0 Å². The summed E-state index contributed by atoms with van der Waals surface area (Å²) in [5.41, 5.74) is 2.81. The fraction of sp³-hybridized carbons (Fsp3) is 0.700. The topological polar surface area (TPSA) is 17.1 Å². The summed E-state index contributed by atoms with van der Waals surface area (Å²) in [7, 11) is 0. The lowest BCUT2D eigenvalue weighted by Crippen LogP contribution is -2.10. The van der Waals surface area contributed by atoms with E-state index >= 15 is 0 Å². The fourth-order valence-electron chi connectivity index (χ4n) is 2.60. The average molecular weight is 150 g/mol. The maximum Gasteiger partial charge on any atom is 0.159 e. The van der Waals surface area contributed by atoms with Crippen LogP contribution in [0.5, 0.6) is 0 Å². The third-order valence-corrected chi connectivity index (χ3v) is 3.31. The van der Waals surface area contributed by atoms with Crippen LogP contribution in [0.2, 0.25) is 0 Å². The van der Waals surface area contributed by atoms with Crippen molar-refractivity contribution in [1.82, 2.24) is 0 Å². The van der Waals surface area contributed by atoms with Crippen LogP contribution in [0.4, 0.5) is 0 Å². The van der Waals surface area contributed by atoms with Gasteiger partial charge in [0, 0.05) is 6.42 Å². The first-order valence-electron chi connectivity index (χ1n) is 4.37. The minimum Gasteiger partial charge on any atom is -0.295 e. The van der Waals surface area contributed by atoms with Crippen LogP contribution < -0.4 is 0 Å². The highest BCUT2D eigenvalue weighted by atomic mass is 16.1. The molecule has 2 rings (SSSR count). The monoisotopic (exact) mass is 150 g/mol. The van der Waals surface area contributed by atoms with Crippen LogP contribution in [-0.2, 0) is 4.79 Å². The molecular formula is C10H14O. The molecule has 1 fully saturated rings. The second kappa shape index (κ2) is 1.96. The van der Waals surface area contributed by atoms with E-state index in [1.54, 1.807) is 0 Å². The summed E-state index contributed by atoms with van der Waals surface area (Å²) in [6, 6.07) is 0. The molecule has 1 saturated carbocycles. The summed E-state index contributed by atoms with van der Waals surface area (Å²) in [6.45, 7) is 4.23. The second-order valence-electron chi connectivity index (χ2n) is 4.12. The van der Waals surface area contributed by atoms with Gasteiger partial charge in [0.05, 0.1) is 0 Å². The normalized spacial score (nSPS) is 36.7. The Balaban J connectivity index is 2.47. The quantitative estimate of drug-likeness (QED) is 0.518. The van der Waals surface area contributed by atoms with Gasteiger partial charge in [0.15, 0.2) is 5.78 Å². The summed E-state index contributed by atoms with van der Waals surface area (Å²) in [4.78, 5) is 11.3. The average Bonchev–Trinajstić information content (AvgIpc) is 2.36. The Morgan fingerprint density at radius 2 is 2.18 bits per heavy atom. The second-order valence-corrected chi connectivity index (χ2v) is 4.12. The van der Waals surface area contributed by atoms with Crippen LogP contribution in [0.15, 0.2) is 11.1 Å². The van der Waals surface area contributed by atoms with Crippen molar-refractivity contribution in [2.24, 2.45) is 5.41 Å². The predicted molar refractivity (Wildman–Crippen MR) is 44.3 cm³/mol. The van der Waals surface area contributed by atoms with Crippen LogP contribution >= 0.6 is 0 Å². The number of hydrogen-bond donors (Lipinski definition) is 0. The summed E-state index contributed by atoms with van der Waals surface area (Å²) in [6.07, 6.45) is 4.48. The lowest BCUT2D eigenvalue weighted by Gasteiger charge is -2.18. The Hall–Kier alpha value is -0.590. The number of rotatable bonds is 0. The lowest BCUT2D eigenvalue weighted by atomic mass is 9.85. The first-order chi connectivity index (χ1) is 5.13. The molecule has 1 nitrogen and oxygen atoms in total. The van der Waals surface area contributed by atoms with Crippen molar-refractivity contribution in [1.29, 1.82) is 0 Å². The maximum atomic E-state index is 11.3. The van der Waals surface area contributed by atoms with Gasteiger partial charge in [-0.3, -0.25) is 4.79 Å². The van der Waals surface area contributed by atoms with Crippen molar-refractivity contribution >= 4 is 5.78 Å². The highest BCUT2D eigenvalue weighted by molar-refractivity contribution is 5.99. The number of ketones is 1. The van der Waals surface area contributed by atoms with Crippen LogP contribution in [-0.4, -0.2) is 5.78 Å². The lowest BCUT2D eigenvalue weighted by molar-refractivity contribution is -0.115. The van der Waals surface area contributed by atoms with Gasteiger partial charge in [-0.25, -0.2) is 0 Å². The van der Waals surface area contributed by atoms with Gasteiger partial charge in [-0.1, -0.05) is 12.5 Å². The molecule has 0 aromatic carbocycles. The molecule has 0 aliphatic heterocycles. The van der Waals surface area contributed by atoms with Crippen molar-refractivity contribution in [3.63, 3.8) is 0 Å². The molecule has 1 unspecified atom stereocenters. The number of carbonyl (C=O) groups is 1. The maximum absolute atomic E-state index is 11.3. The van der Waals surface area contributed by atoms with Crippen molar-refractivity contribution in [3.8, 4) is 0 Å². The van der Waals surface area contributed by atoms with E-state index in [4.69, 9.17) is 0 Å². The zero-order valence-electron chi connectivity index (χ0n) is 7.24. The third-order valence-electron chi connectivity index (χ3n) is 3.31. The highest BCUT2D eigenvalue weighted by Gasteiger charge is 2.42. The standard InChI is InChI=1S/C10H14O/c1-7-8-4-3-5-10(8,2)6-9(7)11/h3-6H2,1-2H3. The number of fused-ring (bicyclic) bond motifs is 1. The molecule has 1 atom stereocenters. The number of Topliss-reactive ketones (excluding diaryl/α,β-unsaturated/α-hetero) is 1. The third kappa shape index (κ3) is 0.800. The summed E-state index contributed by atoms with van der Waals surface area (Å²) in [5, 5.41) is 0. The van der Waals surface area contributed by atoms with E-state index in [1.165, 1.54) is 24.8 Å². The molecule has 0 radical (unpaired) electrons. The Morgan fingerprint density at radius 1 is 1.45 bits per heavy atom. The van der Waals surface area contributed by atoms with E-state index in [9.17, 15) is 4.79 Å². The minimum atomic E-state index is 0.279. The minimum absolute atomic E-state index is 0.279. The fourth-order valence-corrected chi connectivity index (χ4v) is 2.60. The van der Waals surface area contributed by atoms with E-state index in [-0.39, 0.29) is 5.41 Å². The molecule has 0 saturated heterocycles. The first kappa shape index (κ1) is 7.08. The smallest absolute Gasteiger partial charge is 0.159 e. The van der Waals surface area contributed by atoms with Gasteiger partial charge in [0.2, 0.25) is 0 Å². The Labute approximate surface area is 67.5 Å². The number of carbonyl (C=O) groups excluding carboxylic acids is 1. The molecule has 60 valence electrons. The van der Waals surface area contributed by atoms with Crippen LogP contribution in [0, 0.1) is 5.41 Å². The Kier molecular flexibility index (Phi) is 1.26. The van der Waals surface area contributed by atoms with Gasteiger partial charge in [-0.15, -0.1) is 0 Å². The molecule has 0 bridgehead atoms. The van der Waals surface area contributed by atoms with Crippen molar-refractivity contribution < 1.29 is 4.79 Å². The van der Waals surface area contributed by atoms with Crippen molar-refractivity contribution in [2.45, 2.75) is 39.5 Å². The van der Waals surface area contributed by atoms with E-state index in [1.807, 2.05) is 6.92 Å². The summed E-state index contributed by atoms with van der Waals surface area (Å²) >= 11 is 0. The zero-order chi connectivity index (χ0) is 8.06. The molecule has 2 aliphatic rings. The molecule has 0 N–H and O–H groups in total. The molecule has 0 spiro atoms. The molecular weight excluding hydrogens is 136 g/mol. The van der Waals surface area contributed by atoms with E-state index < -0.39 is 0 Å². The summed E-state index contributed by atoms with van der Waals surface area (Å²) in [5.74, 6) is 0.391. The number of allylic oxidation sites excluding steroid dienone is 2. The molecule has 0 heterocycles. The van der Waals surface area contributed by atoms with E-state index in [2.05, 4.69) is 6.92 Å². The van der Waals surface area contributed by atoms with Crippen LogP contribution in [0.1, 0.15) is 39.5 Å². The van der Waals surface area contributed by atoms with Crippen molar-refractivity contribution in [2.75, 3.05) is 0 Å². The molecule has 0 aromatic heterocycles. The van der Waals surface area contributed by atoms with Crippen LogP contribution in [0.25, 0.3) is 0 Å². The van der Waals surface area contributed by atoms with Gasteiger partial charge in [-0.05, 0) is 37.2 Å². The molecule has 1 heteroatoms.